The standard InChI is InChI=1S/C17H17F2N3O2.ClH/c18-11-6-10(7-12(19)8-11)16-21-14-9-22(5-3-15(14)24-16)17(23)13-2-1-4-20-13;/h6-8,13,20H,1-5,9H2;1H/t13-;/m0./s1. The van der Waals surface area contributed by atoms with Crippen LogP contribution < -0.4 is 5.32 Å². The van der Waals surface area contributed by atoms with E-state index < -0.39 is 11.6 Å². The van der Waals surface area contributed by atoms with E-state index >= 15 is 0 Å². The van der Waals surface area contributed by atoms with Crippen LogP contribution in [0.5, 0.6) is 0 Å². The number of carbonyl (C=O) groups excluding carboxylic acids is 1. The second-order valence-corrected chi connectivity index (χ2v) is 6.21. The second kappa shape index (κ2) is 7.09. The third-order valence-corrected chi connectivity index (χ3v) is 4.51. The Morgan fingerprint density at radius 1 is 1.28 bits per heavy atom. The van der Waals surface area contributed by atoms with Crippen molar-refractivity contribution in [2.75, 3.05) is 13.1 Å². The first-order chi connectivity index (χ1) is 11.6. The van der Waals surface area contributed by atoms with E-state index in [0.29, 0.717) is 31.0 Å². The van der Waals surface area contributed by atoms with Crippen molar-refractivity contribution < 1.29 is 18.0 Å². The number of rotatable bonds is 2. The Labute approximate surface area is 149 Å². The highest BCUT2D eigenvalue weighted by Crippen LogP contribution is 2.27. The van der Waals surface area contributed by atoms with E-state index in [0.717, 1.165) is 25.5 Å². The lowest BCUT2D eigenvalue weighted by Gasteiger charge is -2.27. The first-order valence-electron chi connectivity index (χ1n) is 8.07. The van der Waals surface area contributed by atoms with Gasteiger partial charge in [0.2, 0.25) is 11.8 Å². The van der Waals surface area contributed by atoms with Crippen LogP contribution in [0.15, 0.2) is 22.6 Å². The molecule has 0 aliphatic carbocycles. The van der Waals surface area contributed by atoms with Crippen LogP contribution in [0, 0.1) is 11.6 Å². The quantitative estimate of drug-likeness (QED) is 0.884. The van der Waals surface area contributed by atoms with Gasteiger partial charge in [-0.05, 0) is 31.5 Å². The average molecular weight is 370 g/mol. The minimum Gasteiger partial charge on any atom is -0.441 e. The topological polar surface area (TPSA) is 58.4 Å². The van der Waals surface area contributed by atoms with E-state index in [4.69, 9.17) is 4.42 Å². The molecule has 134 valence electrons. The first-order valence-corrected chi connectivity index (χ1v) is 8.07. The fraction of sp³-hybridized carbons (Fsp3) is 0.412. The van der Waals surface area contributed by atoms with Crippen LogP contribution >= 0.6 is 12.4 Å². The molecule has 2 aliphatic rings. The van der Waals surface area contributed by atoms with E-state index in [2.05, 4.69) is 10.3 Å². The average Bonchev–Trinajstić information content (AvgIpc) is 3.22. The van der Waals surface area contributed by atoms with E-state index in [1.807, 2.05) is 0 Å². The molecule has 1 atom stereocenters. The van der Waals surface area contributed by atoms with Crippen LogP contribution in [0.3, 0.4) is 0 Å². The van der Waals surface area contributed by atoms with Gasteiger partial charge in [0.15, 0.2) is 0 Å². The molecule has 1 aromatic carbocycles. The van der Waals surface area contributed by atoms with Gasteiger partial charge in [-0.3, -0.25) is 4.79 Å². The van der Waals surface area contributed by atoms with Crippen LogP contribution in [0.25, 0.3) is 11.5 Å². The fourth-order valence-corrected chi connectivity index (χ4v) is 3.30. The van der Waals surface area contributed by atoms with Gasteiger partial charge in [0, 0.05) is 24.6 Å². The van der Waals surface area contributed by atoms with Crippen LogP contribution in [-0.2, 0) is 17.8 Å². The summed E-state index contributed by atoms with van der Waals surface area (Å²) >= 11 is 0. The van der Waals surface area contributed by atoms with Crippen molar-refractivity contribution in [1.29, 1.82) is 0 Å². The number of benzene rings is 1. The number of carbonyl (C=O) groups is 1. The van der Waals surface area contributed by atoms with Gasteiger partial charge in [-0.2, -0.15) is 0 Å². The molecule has 1 N–H and O–H groups in total. The first kappa shape index (κ1) is 17.8. The number of hydrogen-bond donors (Lipinski definition) is 1. The maximum Gasteiger partial charge on any atom is 0.240 e. The van der Waals surface area contributed by atoms with E-state index in [9.17, 15) is 13.6 Å². The number of oxazole rings is 1. The molecule has 0 radical (unpaired) electrons. The molecule has 25 heavy (non-hydrogen) atoms. The van der Waals surface area contributed by atoms with Crippen LogP contribution in [-0.4, -0.2) is 34.9 Å². The van der Waals surface area contributed by atoms with Crippen LogP contribution in [0.4, 0.5) is 8.78 Å². The summed E-state index contributed by atoms with van der Waals surface area (Å²) in [5, 5.41) is 3.20. The molecule has 2 aliphatic heterocycles. The Morgan fingerprint density at radius 3 is 2.72 bits per heavy atom. The van der Waals surface area contributed by atoms with Gasteiger partial charge < -0.3 is 14.6 Å². The van der Waals surface area contributed by atoms with Crippen LogP contribution in [0.2, 0.25) is 0 Å². The SMILES string of the molecule is Cl.O=C([C@@H]1CCCN1)N1CCc2oc(-c3cc(F)cc(F)c3)nc2C1. The smallest absolute Gasteiger partial charge is 0.240 e. The predicted molar refractivity (Wildman–Crippen MR) is 89.2 cm³/mol. The fourth-order valence-electron chi connectivity index (χ4n) is 3.30. The van der Waals surface area contributed by atoms with Crippen molar-refractivity contribution in [3.8, 4) is 11.5 Å². The Kier molecular flexibility index (Phi) is 5.06. The van der Waals surface area contributed by atoms with Crippen molar-refractivity contribution in [3.05, 3.63) is 41.3 Å². The highest BCUT2D eigenvalue weighted by Gasteiger charge is 2.31. The monoisotopic (exact) mass is 369 g/mol. The molecule has 1 aromatic heterocycles. The molecule has 2 aromatic rings. The molecule has 5 nitrogen and oxygen atoms in total. The largest absolute Gasteiger partial charge is 0.441 e. The lowest BCUT2D eigenvalue weighted by atomic mass is 10.1. The molecular weight excluding hydrogens is 352 g/mol. The van der Waals surface area contributed by atoms with E-state index in [-0.39, 0.29) is 35.8 Å². The van der Waals surface area contributed by atoms with Gasteiger partial charge in [0.25, 0.3) is 0 Å². The molecule has 0 spiro atoms. The molecule has 0 bridgehead atoms. The van der Waals surface area contributed by atoms with Gasteiger partial charge >= 0.3 is 0 Å². The Hall–Kier alpha value is -1.99. The molecule has 1 amide bonds. The van der Waals surface area contributed by atoms with Crippen molar-refractivity contribution >= 4 is 18.3 Å². The van der Waals surface area contributed by atoms with Crippen molar-refractivity contribution in [2.45, 2.75) is 31.8 Å². The van der Waals surface area contributed by atoms with Gasteiger partial charge in [0.05, 0.1) is 12.6 Å². The van der Waals surface area contributed by atoms with Crippen molar-refractivity contribution in [2.24, 2.45) is 0 Å². The molecular formula is C17H18ClF2N3O2. The lowest BCUT2D eigenvalue weighted by molar-refractivity contribution is -0.134. The highest BCUT2D eigenvalue weighted by atomic mass is 35.5. The third-order valence-electron chi connectivity index (χ3n) is 4.51. The Bertz CT molecular complexity index is 770. The van der Waals surface area contributed by atoms with E-state index in [1.165, 1.54) is 12.1 Å². The summed E-state index contributed by atoms with van der Waals surface area (Å²) in [6, 6.07) is 3.06. The Balaban J connectivity index is 0.00000182. The number of aromatic nitrogens is 1. The van der Waals surface area contributed by atoms with E-state index in [1.54, 1.807) is 4.90 Å². The number of halogens is 3. The number of hydrogen-bond acceptors (Lipinski definition) is 4. The molecule has 1 saturated heterocycles. The lowest BCUT2D eigenvalue weighted by Crippen LogP contribution is -2.45. The maximum absolute atomic E-state index is 13.4. The van der Waals surface area contributed by atoms with Crippen LogP contribution in [0.1, 0.15) is 24.3 Å². The van der Waals surface area contributed by atoms with Gasteiger partial charge in [-0.15, -0.1) is 12.4 Å². The third kappa shape index (κ3) is 3.52. The zero-order chi connectivity index (χ0) is 16.7. The van der Waals surface area contributed by atoms with Crippen molar-refractivity contribution in [3.63, 3.8) is 0 Å². The second-order valence-electron chi connectivity index (χ2n) is 6.21. The molecule has 4 rings (SSSR count). The number of fused-ring (bicyclic) bond motifs is 1. The Morgan fingerprint density at radius 2 is 2.04 bits per heavy atom. The molecule has 0 saturated carbocycles. The summed E-state index contributed by atoms with van der Waals surface area (Å²) in [6.07, 6.45) is 2.42. The summed E-state index contributed by atoms with van der Waals surface area (Å²) in [7, 11) is 0. The zero-order valence-corrected chi connectivity index (χ0v) is 14.2. The van der Waals surface area contributed by atoms with Gasteiger partial charge in [0.1, 0.15) is 23.1 Å². The van der Waals surface area contributed by atoms with Crippen molar-refractivity contribution in [1.82, 2.24) is 15.2 Å². The zero-order valence-electron chi connectivity index (χ0n) is 13.4. The van der Waals surface area contributed by atoms with Gasteiger partial charge in [-0.25, -0.2) is 13.8 Å². The molecule has 0 unspecified atom stereocenters. The summed E-state index contributed by atoms with van der Waals surface area (Å²) in [5.41, 5.74) is 0.921. The normalized spacial score (nSPS) is 19.4. The van der Waals surface area contributed by atoms with Gasteiger partial charge in [-0.1, -0.05) is 0 Å². The minimum atomic E-state index is -0.676. The highest BCUT2D eigenvalue weighted by molar-refractivity contribution is 5.85. The number of amides is 1. The summed E-state index contributed by atoms with van der Waals surface area (Å²) in [5.74, 6) is -0.403. The maximum atomic E-state index is 13.4. The number of nitrogens with one attached hydrogen (secondary N) is 1. The summed E-state index contributed by atoms with van der Waals surface area (Å²) in [6.45, 7) is 1.80. The minimum absolute atomic E-state index is 0. The molecule has 3 heterocycles. The summed E-state index contributed by atoms with van der Waals surface area (Å²) < 4.78 is 32.4. The predicted octanol–water partition coefficient (Wildman–Crippen LogP) is 2.68. The molecule has 8 heteroatoms. The molecule has 1 fully saturated rings. The number of nitrogens with zero attached hydrogens (tertiary/aromatic N) is 2. The summed E-state index contributed by atoms with van der Waals surface area (Å²) in [4.78, 5) is 18.6.